The molecule has 2 amide bonds. The molecule has 0 spiro atoms. The van der Waals surface area contributed by atoms with Crippen molar-refractivity contribution < 1.29 is 32.2 Å². The molecule has 0 fully saturated rings. The van der Waals surface area contributed by atoms with E-state index in [0.29, 0.717) is 22.8 Å². The number of carbonyl (C=O) groups is 2. The zero-order valence-electron chi connectivity index (χ0n) is 15.1. The number of benzene rings is 2. The van der Waals surface area contributed by atoms with Crippen LogP contribution in [0, 0.1) is 0 Å². The lowest BCUT2D eigenvalue weighted by molar-refractivity contribution is -0.274. The molecular formula is C20H15ClF3NO4. The highest BCUT2D eigenvalue weighted by atomic mass is 35.5. The number of carbonyl (C=O) groups excluding carboxylic acids is 2. The van der Waals surface area contributed by atoms with Crippen molar-refractivity contribution in [3.8, 4) is 11.5 Å². The summed E-state index contributed by atoms with van der Waals surface area (Å²) < 4.78 is 46.7. The number of ether oxygens (including phenoxy) is 2. The Balaban J connectivity index is 1.88. The van der Waals surface area contributed by atoms with Crippen molar-refractivity contribution in [2.75, 3.05) is 11.5 Å². The lowest BCUT2D eigenvalue weighted by atomic mass is 10.1. The molecule has 2 aromatic carbocycles. The van der Waals surface area contributed by atoms with Gasteiger partial charge in [0.25, 0.3) is 11.8 Å². The summed E-state index contributed by atoms with van der Waals surface area (Å²) in [6.45, 7) is 2.50. The van der Waals surface area contributed by atoms with Crippen molar-refractivity contribution >= 4 is 34.7 Å². The van der Waals surface area contributed by atoms with E-state index in [4.69, 9.17) is 16.3 Å². The Hall–Kier alpha value is -3.00. The van der Waals surface area contributed by atoms with Crippen LogP contribution in [-0.4, -0.2) is 24.8 Å². The first kappa shape index (κ1) is 20.7. The van der Waals surface area contributed by atoms with Gasteiger partial charge in [-0.05, 0) is 36.2 Å². The minimum Gasteiger partial charge on any atom is -0.494 e. The normalized spacial score (nSPS) is 14.6. The van der Waals surface area contributed by atoms with Gasteiger partial charge in [-0.1, -0.05) is 36.7 Å². The maximum Gasteiger partial charge on any atom is 0.573 e. The van der Waals surface area contributed by atoms with Gasteiger partial charge in [0.05, 0.1) is 17.9 Å². The van der Waals surface area contributed by atoms with Crippen LogP contribution < -0.4 is 14.4 Å². The SMILES string of the molecule is CCCOc1ccc(C2=C(Cl)C(=O)N(c3cccc(OC(F)(F)F)c3)C2=O)cc1. The first-order valence-corrected chi connectivity index (χ1v) is 8.96. The van der Waals surface area contributed by atoms with Gasteiger partial charge in [0.1, 0.15) is 16.5 Å². The molecule has 2 aromatic rings. The topological polar surface area (TPSA) is 55.8 Å². The van der Waals surface area contributed by atoms with Crippen LogP contribution in [0.3, 0.4) is 0 Å². The van der Waals surface area contributed by atoms with Crippen LogP contribution in [0.5, 0.6) is 11.5 Å². The highest BCUT2D eigenvalue weighted by Gasteiger charge is 2.39. The fraction of sp³-hybridized carbons (Fsp3) is 0.200. The second kappa shape index (κ2) is 8.16. The van der Waals surface area contributed by atoms with E-state index in [2.05, 4.69) is 4.74 Å². The van der Waals surface area contributed by atoms with Gasteiger partial charge in [-0.15, -0.1) is 13.2 Å². The number of halogens is 4. The summed E-state index contributed by atoms with van der Waals surface area (Å²) in [6.07, 6.45) is -4.07. The molecule has 29 heavy (non-hydrogen) atoms. The summed E-state index contributed by atoms with van der Waals surface area (Å²) in [5, 5.41) is -0.320. The van der Waals surface area contributed by atoms with E-state index in [1.54, 1.807) is 24.3 Å². The Morgan fingerprint density at radius 2 is 1.69 bits per heavy atom. The highest BCUT2D eigenvalue weighted by molar-refractivity contribution is 6.60. The monoisotopic (exact) mass is 425 g/mol. The van der Waals surface area contributed by atoms with Crippen LogP contribution in [0.1, 0.15) is 18.9 Å². The summed E-state index contributed by atoms with van der Waals surface area (Å²) in [6, 6.07) is 11.0. The fourth-order valence-electron chi connectivity index (χ4n) is 2.75. The number of hydrogen-bond acceptors (Lipinski definition) is 4. The van der Waals surface area contributed by atoms with Crippen LogP contribution in [0.25, 0.3) is 5.57 Å². The molecule has 0 saturated heterocycles. The third kappa shape index (κ3) is 4.54. The third-order valence-corrected chi connectivity index (χ3v) is 4.30. The molecule has 3 rings (SSSR count). The molecule has 0 atom stereocenters. The lowest BCUT2D eigenvalue weighted by Crippen LogP contribution is -2.31. The quantitative estimate of drug-likeness (QED) is 0.618. The maximum absolute atomic E-state index is 12.8. The first-order chi connectivity index (χ1) is 13.7. The number of hydrogen-bond donors (Lipinski definition) is 0. The number of alkyl halides is 3. The fourth-order valence-corrected chi connectivity index (χ4v) is 3.02. The van der Waals surface area contributed by atoms with E-state index in [9.17, 15) is 22.8 Å². The zero-order valence-corrected chi connectivity index (χ0v) is 15.9. The van der Waals surface area contributed by atoms with E-state index in [1.807, 2.05) is 6.92 Å². The summed E-state index contributed by atoms with van der Waals surface area (Å²) in [7, 11) is 0. The number of rotatable bonds is 6. The van der Waals surface area contributed by atoms with E-state index < -0.39 is 23.9 Å². The molecule has 0 aromatic heterocycles. The van der Waals surface area contributed by atoms with Crippen LogP contribution >= 0.6 is 11.6 Å². The average molecular weight is 426 g/mol. The van der Waals surface area contributed by atoms with Gasteiger partial charge in [-0.2, -0.15) is 0 Å². The Kier molecular flexibility index (Phi) is 5.83. The Morgan fingerprint density at radius 1 is 1.00 bits per heavy atom. The predicted octanol–water partition coefficient (Wildman–Crippen LogP) is 4.90. The number of anilines is 1. The zero-order chi connectivity index (χ0) is 21.2. The summed E-state index contributed by atoms with van der Waals surface area (Å²) in [5.41, 5.74) is 0.265. The predicted molar refractivity (Wildman–Crippen MR) is 101 cm³/mol. The first-order valence-electron chi connectivity index (χ1n) is 8.59. The number of amides is 2. The summed E-state index contributed by atoms with van der Waals surface area (Å²) in [5.74, 6) is -1.54. The van der Waals surface area contributed by atoms with Gasteiger partial charge in [-0.3, -0.25) is 9.59 Å². The second-order valence-corrected chi connectivity index (χ2v) is 6.43. The molecule has 152 valence electrons. The van der Waals surface area contributed by atoms with Crippen molar-refractivity contribution in [3.63, 3.8) is 0 Å². The van der Waals surface area contributed by atoms with Gasteiger partial charge in [0.2, 0.25) is 0 Å². The molecule has 0 radical (unpaired) electrons. The smallest absolute Gasteiger partial charge is 0.494 e. The van der Waals surface area contributed by atoms with Gasteiger partial charge < -0.3 is 9.47 Å². The van der Waals surface area contributed by atoms with Crippen LogP contribution in [-0.2, 0) is 9.59 Å². The molecule has 1 aliphatic rings. The molecule has 0 saturated carbocycles. The molecule has 0 unspecified atom stereocenters. The molecule has 0 N–H and O–H groups in total. The molecule has 9 heteroatoms. The highest BCUT2D eigenvalue weighted by Crippen LogP contribution is 2.37. The maximum atomic E-state index is 12.8. The second-order valence-electron chi connectivity index (χ2n) is 6.05. The average Bonchev–Trinajstić information content (AvgIpc) is 2.88. The standard InChI is InChI=1S/C20H15ClF3NO4/c1-2-10-28-14-8-6-12(7-9-14)16-17(21)19(27)25(18(16)26)13-4-3-5-15(11-13)29-20(22,23)24/h3-9,11H,2,10H2,1H3. The van der Waals surface area contributed by atoms with Gasteiger partial charge in [-0.25, -0.2) is 4.90 Å². The molecule has 1 aliphatic heterocycles. The summed E-state index contributed by atoms with van der Waals surface area (Å²) in [4.78, 5) is 26.1. The van der Waals surface area contributed by atoms with Crippen molar-refractivity contribution in [3.05, 3.63) is 59.1 Å². The number of nitrogens with zero attached hydrogens (tertiary/aromatic N) is 1. The minimum absolute atomic E-state index is 0.0409. The molecule has 1 heterocycles. The summed E-state index contributed by atoms with van der Waals surface area (Å²) >= 11 is 6.10. The third-order valence-electron chi connectivity index (χ3n) is 3.95. The van der Waals surface area contributed by atoms with Gasteiger partial charge in [0.15, 0.2) is 0 Å². The van der Waals surface area contributed by atoms with E-state index in [0.717, 1.165) is 18.6 Å². The lowest BCUT2D eigenvalue weighted by Gasteiger charge is -2.16. The van der Waals surface area contributed by atoms with Gasteiger partial charge >= 0.3 is 6.36 Å². The molecule has 5 nitrogen and oxygen atoms in total. The molecule has 0 aliphatic carbocycles. The van der Waals surface area contributed by atoms with Crippen molar-refractivity contribution in [1.82, 2.24) is 0 Å². The molecule has 0 bridgehead atoms. The van der Waals surface area contributed by atoms with E-state index >= 15 is 0 Å². The van der Waals surface area contributed by atoms with Crippen molar-refractivity contribution in [2.45, 2.75) is 19.7 Å². The Labute approximate surface area is 169 Å². The van der Waals surface area contributed by atoms with Crippen molar-refractivity contribution in [2.24, 2.45) is 0 Å². The minimum atomic E-state index is -4.90. The Bertz CT molecular complexity index is 970. The van der Waals surface area contributed by atoms with E-state index in [1.165, 1.54) is 12.1 Å². The van der Waals surface area contributed by atoms with Crippen LogP contribution in [0.15, 0.2) is 53.6 Å². The van der Waals surface area contributed by atoms with Crippen LogP contribution in [0.2, 0.25) is 0 Å². The Morgan fingerprint density at radius 3 is 2.31 bits per heavy atom. The largest absolute Gasteiger partial charge is 0.573 e. The van der Waals surface area contributed by atoms with Crippen LogP contribution in [0.4, 0.5) is 18.9 Å². The molecular weight excluding hydrogens is 411 g/mol. The number of imide groups is 1. The van der Waals surface area contributed by atoms with Crippen molar-refractivity contribution in [1.29, 1.82) is 0 Å². The van der Waals surface area contributed by atoms with E-state index in [-0.39, 0.29) is 16.3 Å². The van der Waals surface area contributed by atoms with Gasteiger partial charge in [0, 0.05) is 6.07 Å².